The fraction of sp³-hybridized carbons (Fsp3) is 1.00. The van der Waals surface area contributed by atoms with Gasteiger partial charge in [-0.3, -0.25) is 4.74 Å². The van der Waals surface area contributed by atoms with Crippen molar-refractivity contribution in [2.45, 2.75) is 24.6 Å². The molecule has 1 aliphatic heterocycles. The first-order valence-electron chi connectivity index (χ1n) is 4.86. The fourth-order valence-electron chi connectivity index (χ4n) is 1.41. The summed E-state index contributed by atoms with van der Waals surface area (Å²) >= 11 is 4.09. The number of methoxy groups -OCH3 is 2. The number of hydrogen-bond donors (Lipinski definition) is 2. The molecule has 1 atom stereocenters. The number of ether oxygens (including phenoxy) is 4. The van der Waals surface area contributed by atoms with Gasteiger partial charge in [-0.25, -0.2) is 0 Å². The maximum absolute atomic E-state index is 9.19. The van der Waals surface area contributed by atoms with Gasteiger partial charge in [-0.2, -0.15) is 12.6 Å². The van der Waals surface area contributed by atoms with Crippen LogP contribution in [0.2, 0.25) is 0 Å². The molecule has 0 aromatic heterocycles. The molecule has 1 N–H and O–H groups in total. The zero-order valence-corrected chi connectivity index (χ0v) is 9.96. The molecule has 0 aromatic rings. The van der Waals surface area contributed by atoms with Crippen molar-refractivity contribution in [2.24, 2.45) is 0 Å². The van der Waals surface area contributed by atoms with E-state index in [2.05, 4.69) is 12.6 Å². The molecule has 1 fully saturated rings. The van der Waals surface area contributed by atoms with E-state index in [1.165, 1.54) is 14.2 Å². The molecule has 1 heterocycles. The van der Waals surface area contributed by atoms with Crippen molar-refractivity contribution >= 4 is 12.6 Å². The standard InChI is InChI=1S/C9H18O5S/c1-11-9(12-2)8(7-10,14-9)13-5-3-4-6-15/h10,15H,3-7H2,1-2H3/t8-/m1/s1. The summed E-state index contributed by atoms with van der Waals surface area (Å²) in [6, 6.07) is 0. The highest BCUT2D eigenvalue weighted by Gasteiger charge is 2.75. The van der Waals surface area contributed by atoms with Gasteiger partial charge in [-0.15, -0.1) is 0 Å². The van der Waals surface area contributed by atoms with Gasteiger partial charge in [0, 0.05) is 14.2 Å². The lowest BCUT2D eigenvalue weighted by atomic mass is 10.3. The van der Waals surface area contributed by atoms with Crippen molar-refractivity contribution in [3.8, 4) is 0 Å². The molecule has 0 bridgehead atoms. The Labute approximate surface area is 95.1 Å². The summed E-state index contributed by atoms with van der Waals surface area (Å²) in [5, 5.41) is 9.19. The Morgan fingerprint density at radius 2 is 1.93 bits per heavy atom. The predicted octanol–water partition coefficient (Wildman–Crippen LogP) is 0.378. The summed E-state index contributed by atoms with van der Waals surface area (Å²) in [5.74, 6) is -1.59. The molecule has 1 aliphatic rings. The highest BCUT2D eigenvalue weighted by Crippen LogP contribution is 2.49. The van der Waals surface area contributed by atoms with E-state index in [1.54, 1.807) is 0 Å². The van der Waals surface area contributed by atoms with E-state index in [-0.39, 0.29) is 6.61 Å². The minimum Gasteiger partial charge on any atom is -0.390 e. The molecule has 0 radical (unpaired) electrons. The van der Waals surface area contributed by atoms with E-state index < -0.39 is 11.8 Å². The molecule has 0 saturated carbocycles. The lowest BCUT2D eigenvalue weighted by Crippen LogP contribution is -2.35. The Hall–Kier alpha value is 0.150. The first-order valence-corrected chi connectivity index (χ1v) is 5.49. The molecular formula is C9H18O5S. The zero-order chi connectivity index (χ0) is 11.4. The van der Waals surface area contributed by atoms with Gasteiger partial charge >= 0.3 is 5.97 Å². The van der Waals surface area contributed by atoms with Gasteiger partial charge < -0.3 is 19.3 Å². The second-order valence-electron chi connectivity index (χ2n) is 3.26. The van der Waals surface area contributed by atoms with Gasteiger partial charge in [0.25, 0.3) is 5.79 Å². The van der Waals surface area contributed by atoms with E-state index >= 15 is 0 Å². The van der Waals surface area contributed by atoms with Gasteiger partial charge in [0.15, 0.2) is 0 Å². The predicted molar refractivity (Wildman–Crippen MR) is 56.7 cm³/mol. The SMILES string of the molecule is COC1(OC)O[C@@]1(CO)OCCCCS. The number of thiol groups is 1. The van der Waals surface area contributed by atoms with Crippen molar-refractivity contribution in [2.75, 3.05) is 33.2 Å². The van der Waals surface area contributed by atoms with Crippen LogP contribution in [0.15, 0.2) is 0 Å². The quantitative estimate of drug-likeness (QED) is 0.277. The van der Waals surface area contributed by atoms with E-state index in [1.807, 2.05) is 0 Å². The van der Waals surface area contributed by atoms with E-state index in [9.17, 15) is 5.11 Å². The third-order valence-electron chi connectivity index (χ3n) is 2.36. The zero-order valence-electron chi connectivity index (χ0n) is 9.06. The molecule has 0 amide bonds. The van der Waals surface area contributed by atoms with Crippen molar-refractivity contribution in [1.29, 1.82) is 0 Å². The summed E-state index contributed by atoms with van der Waals surface area (Å²) in [6.07, 6.45) is 1.82. The minimum absolute atomic E-state index is 0.296. The Balaban J connectivity index is 2.37. The minimum atomic E-state index is -1.25. The van der Waals surface area contributed by atoms with Crippen LogP contribution in [0.5, 0.6) is 0 Å². The molecular weight excluding hydrogens is 220 g/mol. The average molecular weight is 238 g/mol. The highest BCUT2D eigenvalue weighted by atomic mass is 32.1. The van der Waals surface area contributed by atoms with Gasteiger partial charge in [0.2, 0.25) is 0 Å². The van der Waals surface area contributed by atoms with Crippen LogP contribution in [0.3, 0.4) is 0 Å². The third kappa shape index (κ3) is 2.46. The van der Waals surface area contributed by atoms with Crippen LogP contribution in [-0.4, -0.2) is 50.1 Å². The number of aliphatic hydroxyl groups excluding tert-OH is 1. The van der Waals surface area contributed by atoms with Crippen molar-refractivity contribution in [1.82, 2.24) is 0 Å². The molecule has 90 valence electrons. The Morgan fingerprint density at radius 1 is 1.27 bits per heavy atom. The van der Waals surface area contributed by atoms with Gasteiger partial charge in [0.1, 0.15) is 6.61 Å². The van der Waals surface area contributed by atoms with Crippen LogP contribution in [0.1, 0.15) is 12.8 Å². The van der Waals surface area contributed by atoms with Gasteiger partial charge in [-0.1, -0.05) is 0 Å². The second-order valence-corrected chi connectivity index (χ2v) is 3.70. The molecule has 1 saturated heterocycles. The number of hydrogen-bond acceptors (Lipinski definition) is 6. The van der Waals surface area contributed by atoms with E-state index in [4.69, 9.17) is 18.9 Å². The molecule has 6 heteroatoms. The number of aliphatic hydroxyl groups is 1. The van der Waals surface area contributed by atoms with Crippen LogP contribution in [0.4, 0.5) is 0 Å². The first kappa shape index (κ1) is 13.2. The molecule has 0 spiro atoms. The largest absolute Gasteiger partial charge is 0.390 e. The molecule has 0 aromatic carbocycles. The Bertz CT molecular complexity index is 197. The topological polar surface area (TPSA) is 60.5 Å². The van der Waals surface area contributed by atoms with Gasteiger partial charge in [-0.05, 0) is 18.6 Å². The maximum atomic E-state index is 9.19. The normalized spacial score (nSPS) is 28.0. The first-order chi connectivity index (χ1) is 7.20. The number of epoxide rings is 1. The van der Waals surface area contributed by atoms with Crippen LogP contribution in [0.25, 0.3) is 0 Å². The molecule has 15 heavy (non-hydrogen) atoms. The fourth-order valence-corrected chi connectivity index (χ4v) is 1.64. The van der Waals surface area contributed by atoms with Crippen molar-refractivity contribution < 1.29 is 24.1 Å². The smallest absolute Gasteiger partial charge is 0.345 e. The van der Waals surface area contributed by atoms with Crippen LogP contribution in [-0.2, 0) is 18.9 Å². The third-order valence-corrected chi connectivity index (χ3v) is 2.67. The van der Waals surface area contributed by atoms with Gasteiger partial charge in [0.05, 0.1) is 6.61 Å². The van der Waals surface area contributed by atoms with Crippen LogP contribution in [0, 0.1) is 0 Å². The molecule has 5 nitrogen and oxygen atoms in total. The summed E-state index contributed by atoms with van der Waals surface area (Å²) in [5.41, 5.74) is 0. The van der Waals surface area contributed by atoms with E-state index in [0.717, 1.165) is 18.6 Å². The highest BCUT2D eigenvalue weighted by molar-refractivity contribution is 7.80. The number of unbranched alkanes of at least 4 members (excludes halogenated alkanes) is 1. The van der Waals surface area contributed by atoms with Crippen molar-refractivity contribution in [3.63, 3.8) is 0 Å². The second kappa shape index (κ2) is 5.47. The Morgan fingerprint density at radius 3 is 2.33 bits per heavy atom. The average Bonchev–Trinajstić information content (AvgIpc) is 2.94. The lowest BCUT2D eigenvalue weighted by molar-refractivity contribution is -0.212. The lowest BCUT2D eigenvalue weighted by Gasteiger charge is -2.15. The Kier molecular flexibility index (Phi) is 4.82. The van der Waals surface area contributed by atoms with E-state index in [0.29, 0.717) is 6.61 Å². The molecule has 0 unspecified atom stereocenters. The van der Waals surface area contributed by atoms with Crippen LogP contribution >= 0.6 is 12.6 Å². The van der Waals surface area contributed by atoms with Crippen LogP contribution < -0.4 is 0 Å². The van der Waals surface area contributed by atoms with Crippen molar-refractivity contribution in [3.05, 3.63) is 0 Å². The summed E-state index contributed by atoms with van der Waals surface area (Å²) in [4.78, 5) is 0. The maximum Gasteiger partial charge on any atom is 0.345 e. The molecule has 1 rings (SSSR count). The number of rotatable bonds is 8. The summed E-state index contributed by atoms with van der Waals surface area (Å²) in [7, 11) is 2.88. The molecule has 0 aliphatic carbocycles. The summed E-state index contributed by atoms with van der Waals surface area (Å²) in [6.45, 7) is 0.186. The monoisotopic (exact) mass is 238 g/mol. The summed E-state index contributed by atoms with van der Waals surface area (Å²) < 4.78 is 20.7.